The van der Waals surface area contributed by atoms with E-state index in [-0.39, 0.29) is 36.7 Å². The summed E-state index contributed by atoms with van der Waals surface area (Å²) >= 11 is 0. The number of hydrogen-bond donors (Lipinski definition) is 0. The number of para-hydroxylation sites is 1. The summed E-state index contributed by atoms with van der Waals surface area (Å²) in [6, 6.07) is 9.43. The van der Waals surface area contributed by atoms with Crippen molar-refractivity contribution in [3.8, 4) is 0 Å². The molecular weight excluding hydrogens is 322 g/mol. The van der Waals surface area contributed by atoms with Gasteiger partial charge in [-0.05, 0) is 12.1 Å². The number of methoxy groups -OCH3 is 1. The highest BCUT2D eigenvalue weighted by Crippen LogP contribution is 2.26. The quantitative estimate of drug-likeness (QED) is 0.790. The van der Waals surface area contributed by atoms with Gasteiger partial charge in [0.25, 0.3) is 0 Å². The number of piperazine rings is 1. The number of rotatable bonds is 4. The maximum Gasteiger partial charge on any atom is 0.248 e. The maximum absolute atomic E-state index is 12.7. The fraction of sp³-hybridized carbons (Fsp3) is 0.500. The molecule has 25 heavy (non-hydrogen) atoms. The second-order valence-corrected chi connectivity index (χ2v) is 6.38. The standard InChI is InChI=1S/C18H23N3O4/c1-25-13-17(23)19-7-9-20(10-8-19)18(24)14-11-16(22)21(12-14)15-5-3-2-4-6-15/h2-6,14H,7-13H2,1H3/t14-/m1/s1. The normalized spacial score (nSPS) is 20.9. The molecule has 1 aromatic rings. The second kappa shape index (κ2) is 7.65. The van der Waals surface area contributed by atoms with Gasteiger partial charge in [0.05, 0.1) is 5.92 Å². The van der Waals surface area contributed by atoms with E-state index in [0.717, 1.165) is 5.69 Å². The largest absolute Gasteiger partial charge is 0.375 e. The second-order valence-electron chi connectivity index (χ2n) is 6.38. The Bertz CT molecular complexity index is 641. The summed E-state index contributed by atoms with van der Waals surface area (Å²) in [7, 11) is 1.49. The van der Waals surface area contributed by atoms with Crippen LogP contribution in [-0.4, -0.2) is 74.0 Å². The van der Waals surface area contributed by atoms with Crippen LogP contribution in [0, 0.1) is 5.92 Å². The van der Waals surface area contributed by atoms with Gasteiger partial charge in [-0.25, -0.2) is 0 Å². The first-order valence-electron chi connectivity index (χ1n) is 8.51. The molecular formula is C18H23N3O4. The van der Waals surface area contributed by atoms with Gasteiger partial charge in [-0.3, -0.25) is 14.4 Å². The number of ether oxygens (including phenoxy) is 1. The summed E-state index contributed by atoms with van der Waals surface area (Å²) in [5.41, 5.74) is 0.831. The molecule has 0 unspecified atom stereocenters. The molecule has 0 saturated carbocycles. The van der Waals surface area contributed by atoms with Crippen LogP contribution in [0.5, 0.6) is 0 Å². The van der Waals surface area contributed by atoms with Gasteiger partial charge in [0, 0.05) is 51.9 Å². The molecule has 0 aromatic heterocycles. The molecule has 0 radical (unpaired) electrons. The van der Waals surface area contributed by atoms with Crippen LogP contribution >= 0.6 is 0 Å². The molecule has 7 nitrogen and oxygen atoms in total. The predicted octanol–water partition coefficient (Wildman–Crippen LogP) is 0.357. The van der Waals surface area contributed by atoms with Crippen molar-refractivity contribution in [1.29, 1.82) is 0 Å². The Morgan fingerprint density at radius 3 is 2.36 bits per heavy atom. The van der Waals surface area contributed by atoms with Crippen LogP contribution < -0.4 is 4.90 Å². The van der Waals surface area contributed by atoms with E-state index in [1.165, 1.54) is 7.11 Å². The Morgan fingerprint density at radius 2 is 1.72 bits per heavy atom. The lowest BCUT2D eigenvalue weighted by molar-refractivity contribution is -0.143. The van der Waals surface area contributed by atoms with Gasteiger partial charge in [-0.2, -0.15) is 0 Å². The Balaban J connectivity index is 1.56. The van der Waals surface area contributed by atoms with Crippen molar-refractivity contribution in [2.45, 2.75) is 6.42 Å². The van der Waals surface area contributed by atoms with Crippen molar-refractivity contribution < 1.29 is 19.1 Å². The first-order valence-corrected chi connectivity index (χ1v) is 8.51. The lowest BCUT2D eigenvalue weighted by atomic mass is 10.1. The van der Waals surface area contributed by atoms with Crippen LogP contribution in [-0.2, 0) is 19.1 Å². The smallest absolute Gasteiger partial charge is 0.248 e. The summed E-state index contributed by atoms with van der Waals surface area (Å²) in [5.74, 6) is -0.376. The molecule has 0 aliphatic carbocycles. The van der Waals surface area contributed by atoms with Crippen molar-refractivity contribution in [2.75, 3.05) is 51.3 Å². The van der Waals surface area contributed by atoms with Crippen molar-refractivity contribution in [2.24, 2.45) is 5.92 Å². The van der Waals surface area contributed by atoms with Crippen LogP contribution in [0.1, 0.15) is 6.42 Å². The Hall–Kier alpha value is -2.41. The lowest BCUT2D eigenvalue weighted by Crippen LogP contribution is -2.52. The van der Waals surface area contributed by atoms with E-state index >= 15 is 0 Å². The highest BCUT2D eigenvalue weighted by Gasteiger charge is 2.38. The number of amides is 3. The van der Waals surface area contributed by atoms with Crippen LogP contribution in [0.15, 0.2) is 30.3 Å². The minimum atomic E-state index is -0.311. The van der Waals surface area contributed by atoms with E-state index in [4.69, 9.17) is 4.74 Å². The van der Waals surface area contributed by atoms with Gasteiger partial charge in [-0.15, -0.1) is 0 Å². The fourth-order valence-electron chi connectivity index (χ4n) is 3.38. The summed E-state index contributed by atoms with van der Waals surface area (Å²) in [6.45, 7) is 2.52. The first-order chi connectivity index (χ1) is 12.1. The predicted molar refractivity (Wildman–Crippen MR) is 91.9 cm³/mol. The van der Waals surface area contributed by atoms with E-state index in [2.05, 4.69) is 0 Å². The molecule has 2 saturated heterocycles. The molecule has 7 heteroatoms. The number of hydrogen-bond acceptors (Lipinski definition) is 4. The summed E-state index contributed by atoms with van der Waals surface area (Å²) < 4.78 is 4.86. The fourth-order valence-corrected chi connectivity index (χ4v) is 3.38. The third kappa shape index (κ3) is 3.82. The average molecular weight is 345 g/mol. The van der Waals surface area contributed by atoms with Crippen LogP contribution in [0.3, 0.4) is 0 Å². The zero-order valence-electron chi connectivity index (χ0n) is 14.4. The Labute approximate surface area is 147 Å². The summed E-state index contributed by atoms with van der Waals surface area (Å²) in [4.78, 5) is 42.0. The zero-order chi connectivity index (χ0) is 17.8. The topological polar surface area (TPSA) is 70.2 Å². The lowest BCUT2D eigenvalue weighted by Gasteiger charge is -2.35. The SMILES string of the molecule is COCC(=O)N1CCN(C(=O)[C@@H]2CC(=O)N(c3ccccc3)C2)CC1. The Kier molecular flexibility index (Phi) is 5.33. The van der Waals surface area contributed by atoms with Gasteiger partial charge in [0.1, 0.15) is 6.61 Å². The highest BCUT2D eigenvalue weighted by molar-refractivity contribution is 6.00. The molecule has 3 amide bonds. The highest BCUT2D eigenvalue weighted by atomic mass is 16.5. The average Bonchev–Trinajstić information content (AvgIpc) is 3.04. The molecule has 0 N–H and O–H groups in total. The van der Waals surface area contributed by atoms with Crippen molar-refractivity contribution >= 4 is 23.4 Å². The molecule has 0 spiro atoms. The molecule has 0 bridgehead atoms. The number of nitrogens with zero attached hydrogens (tertiary/aromatic N) is 3. The van der Waals surface area contributed by atoms with E-state index in [1.807, 2.05) is 30.3 Å². The summed E-state index contributed by atoms with van der Waals surface area (Å²) in [5, 5.41) is 0. The molecule has 1 aromatic carbocycles. The Morgan fingerprint density at radius 1 is 1.08 bits per heavy atom. The van der Waals surface area contributed by atoms with Gasteiger partial charge in [0.2, 0.25) is 17.7 Å². The summed E-state index contributed by atoms with van der Waals surface area (Å²) in [6.07, 6.45) is 0.247. The van der Waals surface area contributed by atoms with E-state index < -0.39 is 0 Å². The molecule has 2 fully saturated rings. The zero-order valence-corrected chi connectivity index (χ0v) is 14.4. The van der Waals surface area contributed by atoms with Gasteiger partial charge < -0.3 is 19.4 Å². The third-order valence-corrected chi connectivity index (χ3v) is 4.75. The monoisotopic (exact) mass is 345 g/mol. The number of carbonyl (C=O) groups excluding carboxylic acids is 3. The number of benzene rings is 1. The number of anilines is 1. The molecule has 1 atom stereocenters. The van der Waals surface area contributed by atoms with E-state index in [0.29, 0.717) is 32.7 Å². The molecule has 2 aliphatic heterocycles. The molecule has 134 valence electrons. The van der Waals surface area contributed by atoms with Crippen LogP contribution in [0.2, 0.25) is 0 Å². The maximum atomic E-state index is 12.7. The van der Waals surface area contributed by atoms with Crippen molar-refractivity contribution in [3.63, 3.8) is 0 Å². The van der Waals surface area contributed by atoms with Gasteiger partial charge in [-0.1, -0.05) is 18.2 Å². The van der Waals surface area contributed by atoms with Crippen molar-refractivity contribution in [1.82, 2.24) is 9.80 Å². The molecule has 2 aliphatic rings. The van der Waals surface area contributed by atoms with E-state index in [1.54, 1.807) is 14.7 Å². The van der Waals surface area contributed by atoms with Crippen LogP contribution in [0.25, 0.3) is 0 Å². The minimum absolute atomic E-state index is 0.00521. The number of carbonyl (C=O) groups is 3. The van der Waals surface area contributed by atoms with Gasteiger partial charge >= 0.3 is 0 Å². The first kappa shape index (κ1) is 17.4. The van der Waals surface area contributed by atoms with Crippen molar-refractivity contribution in [3.05, 3.63) is 30.3 Å². The minimum Gasteiger partial charge on any atom is -0.375 e. The third-order valence-electron chi connectivity index (χ3n) is 4.75. The van der Waals surface area contributed by atoms with Crippen LogP contribution in [0.4, 0.5) is 5.69 Å². The molecule has 2 heterocycles. The van der Waals surface area contributed by atoms with Gasteiger partial charge in [0.15, 0.2) is 0 Å². The molecule has 3 rings (SSSR count). The van der Waals surface area contributed by atoms with E-state index in [9.17, 15) is 14.4 Å².